The molecule has 0 saturated carbocycles. The molecule has 1 aliphatic rings. The molecule has 2 amide bonds. The van der Waals surface area contributed by atoms with E-state index in [1.165, 1.54) is 0 Å². The van der Waals surface area contributed by atoms with Gasteiger partial charge in [-0.25, -0.2) is 0 Å². The molecule has 1 unspecified atom stereocenters. The standard InChI is InChI=1S/C23H30N2O5/c1-15-12-19(16(2)30-15)23(27)25-11-5-6-18(14-25)22(26)24-10-9-17-7-8-20(28-3)21(13-17)29-4/h7-8,12-13,18H,5-6,9-11,14H2,1-4H3,(H,24,26). The van der Waals surface area contributed by atoms with E-state index in [9.17, 15) is 9.59 Å². The molecule has 1 aromatic heterocycles. The Bertz CT molecular complexity index is 905. The Balaban J connectivity index is 1.53. The Kier molecular flexibility index (Phi) is 7.03. The lowest BCUT2D eigenvalue weighted by Gasteiger charge is -2.32. The molecule has 1 saturated heterocycles. The number of aryl methyl sites for hydroxylation is 2. The predicted molar refractivity (Wildman–Crippen MR) is 113 cm³/mol. The summed E-state index contributed by atoms with van der Waals surface area (Å²) >= 11 is 0. The van der Waals surface area contributed by atoms with E-state index >= 15 is 0 Å². The van der Waals surface area contributed by atoms with Gasteiger partial charge in [-0.15, -0.1) is 0 Å². The molecule has 2 aromatic rings. The van der Waals surface area contributed by atoms with E-state index in [4.69, 9.17) is 13.9 Å². The summed E-state index contributed by atoms with van der Waals surface area (Å²) in [4.78, 5) is 27.3. The Morgan fingerprint density at radius 1 is 1.17 bits per heavy atom. The lowest BCUT2D eigenvalue weighted by Crippen LogP contribution is -2.45. The quantitative estimate of drug-likeness (QED) is 0.753. The fraction of sp³-hybridized carbons (Fsp3) is 0.478. The first-order valence-electron chi connectivity index (χ1n) is 10.3. The van der Waals surface area contributed by atoms with Gasteiger partial charge in [-0.2, -0.15) is 0 Å². The molecule has 30 heavy (non-hydrogen) atoms. The molecule has 0 radical (unpaired) electrons. The lowest BCUT2D eigenvalue weighted by molar-refractivity contribution is -0.126. The van der Waals surface area contributed by atoms with Crippen LogP contribution >= 0.6 is 0 Å². The van der Waals surface area contributed by atoms with Crippen molar-refractivity contribution in [3.63, 3.8) is 0 Å². The summed E-state index contributed by atoms with van der Waals surface area (Å²) in [6.07, 6.45) is 2.29. The maximum atomic E-state index is 12.8. The third-order valence-electron chi connectivity index (χ3n) is 5.51. The number of furan rings is 1. The van der Waals surface area contributed by atoms with Crippen LogP contribution in [0.15, 0.2) is 28.7 Å². The van der Waals surface area contributed by atoms with Crippen molar-refractivity contribution in [2.45, 2.75) is 33.1 Å². The number of hydrogen-bond acceptors (Lipinski definition) is 5. The third-order valence-corrected chi connectivity index (χ3v) is 5.51. The van der Waals surface area contributed by atoms with Gasteiger partial charge < -0.3 is 24.1 Å². The molecule has 1 aliphatic heterocycles. The van der Waals surface area contributed by atoms with Gasteiger partial charge in [-0.1, -0.05) is 6.07 Å². The highest BCUT2D eigenvalue weighted by molar-refractivity contribution is 5.95. The maximum Gasteiger partial charge on any atom is 0.257 e. The van der Waals surface area contributed by atoms with Gasteiger partial charge in [-0.05, 0) is 56.9 Å². The summed E-state index contributed by atoms with van der Waals surface area (Å²) in [5.74, 6) is 2.44. The van der Waals surface area contributed by atoms with Gasteiger partial charge in [0.1, 0.15) is 11.5 Å². The van der Waals surface area contributed by atoms with E-state index < -0.39 is 0 Å². The van der Waals surface area contributed by atoms with Crippen LogP contribution in [0.5, 0.6) is 11.5 Å². The molecule has 1 atom stereocenters. The van der Waals surface area contributed by atoms with Crippen molar-refractivity contribution in [1.82, 2.24) is 10.2 Å². The van der Waals surface area contributed by atoms with Crippen molar-refractivity contribution in [3.05, 3.63) is 46.9 Å². The SMILES string of the molecule is COc1ccc(CCNC(=O)C2CCCN(C(=O)c3cc(C)oc3C)C2)cc1OC. The zero-order valence-corrected chi connectivity index (χ0v) is 18.1. The Labute approximate surface area is 177 Å². The van der Waals surface area contributed by atoms with Gasteiger partial charge in [0.2, 0.25) is 5.91 Å². The van der Waals surface area contributed by atoms with Crippen molar-refractivity contribution in [3.8, 4) is 11.5 Å². The number of ether oxygens (including phenoxy) is 2. The highest BCUT2D eigenvalue weighted by Crippen LogP contribution is 2.27. The summed E-state index contributed by atoms with van der Waals surface area (Å²) in [6, 6.07) is 7.51. The largest absolute Gasteiger partial charge is 0.493 e. The van der Waals surface area contributed by atoms with Crippen LogP contribution in [0, 0.1) is 19.8 Å². The number of methoxy groups -OCH3 is 2. The maximum absolute atomic E-state index is 12.8. The Morgan fingerprint density at radius 3 is 2.60 bits per heavy atom. The minimum atomic E-state index is -0.193. The summed E-state index contributed by atoms with van der Waals surface area (Å²) in [6.45, 7) is 5.25. The van der Waals surface area contributed by atoms with Gasteiger partial charge in [-0.3, -0.25) is 9.59 Å². The lowest BCUT2D eigenvalue weighted by atomic mass is 9.96. The van der Waals surface area contributed by atoms with E-state index in [0.717, 1.165) is 24.2 Å². The van der Waals surface area contributed by atoms with Crippen molar-refractivity contribution < 1.29 is 23.5 Å². The first-order valence-corrected chi connectivity index (χ1v) is 10.3. The molecule has 162 valence electrons. The summed E-state index contributed by atoms with van der Waals surface area (Å²) in [5.41, 5.74) is 1.64. The van der Waals surface area contributed by atoms with Crippen LogP contribution in [0.1, 0.15) is 40.3 Å². The van der Waals surface area contributed by atoms with Crippen LogP contribution in [-0.4, -0.2) is 50.6 Å². The molecule has 3 rings (SSSR count). The molecule has 0 aliphatic carbocycles. The number of likely N-dealkylation sites (tertiary alicyclic amines) is 1. The topological polar surface area (TPSA) is 81.0 Å². The van der Waals surface area contributed by atoms with E-state index in [0.29, 0.717) is 48.9 Å². The molecule has 0 spiro atoms. The van der Waals surface area contributed by atoms with Crippen LogP contribution in [-0.2, 0) is 11.2 Å². The number of rotatable bonds is 7. The molecular weight excluding hydrogens is 384 g/mol. The van der Waals surface area contributed by atoms with Gasteiger partial charge in [0, 0.05) is 19.6 Å². The predicted octanol–water partition coefficient (Wildman–Crippen LogP) is 3.12. The van der Waals surface area contributed by atoms with E-state index in [-0.39, 0.29) is 17.7 Å². The summed E-state index contributed by atoms with van der Waals surface area (Å²) < 4.78 is 16.1. The van der Waals surface area contributed by atoms with Crippen LogP contribution in [0.2, 0.25) is 0 Å². The van der Waals surface area contributed by atoms with E-state index in [2.05, 4.69) is 5.32 Å². The number of benzene rings is 1. The second-order valence-electron chi connectivity index (χ2n) is 7.65. The van der Waals surface area contributed by atoms with Crippen LogP contribution in [0.4, 0.5) is 0 Å². The highest BCUT2D eigenvalue weighted by atomic mass is 16.5. The zero-order chi connectivity index (χ0) is 21.7. The number of carbonyl (C=O) groups excluding carboxylic acids is 2. The molecule has 1 N–H and O–H groups in total. The Hall–Kier alpha value is -2.96. The van der Waals surface area contributed by atoms with Crippen LogP contribution < -0.4 is 14.8 Å². The number of carbonyl (C=O) groups is 2. The second-order valence-corrected chi connectivity index (χ2v) is 7.65. The molecule has 1 fully saturated rings. The summed E-state index contributed by atoms with van der Waals surface area (Å²) in [7, 11) is 3.21. The molecule has 1 aromatic carbocycles. The average molecular weight is 415 g/mol. The third kappa shape index (κ3) is 4.96. The van der Waals surface area contributed by atoms with Crippen molar-refractivity contribution in [1.29, 1.82) is 0 Å². The monoisotopic (exact) mass is 414 g/mol. The fourth-order valence-electron chi connectivity index (χ4n) is 3.90. The number of nitrogens with one attached hydrogen (secondary N) is 1. The highest BCUT2D eigenvalue weighted by Gasteiger charge is 2.30. The van der Waals surface area contributed by atoms with Gasteiger partial charge in [0.15, 0.2) is 11.5 Å². The minimum Gasteiger partial charge on any atom is -0.493 e. The van der Waals surface area contributed by atoms with Gasteiger partial charge in [0.05, 0.1) is 25.7 Å². The molecule has 0 bridgehead atoms. The minimum absolute atomic E-state index is 0.00641. The smallest absolute Gasteiger partial charge is 0.257 e. The molecule has 7 heteroatoms. The van der Waals surface area contributed by atoms with E-state index in [1.807, 2.05) is 25.1 Å². The number of nitrogens with zero attached hydrogens (tertiary/aromatic N) is 1. The van der Waals surface area contributed by atoms with Crippen LogP contribution in [0.3, 0.4) is 0 Å². The number of piperidine rings is 1. The second kappa shape index (κ2) is 9.69. The van der Waals surface area contributed by atoms with Crippen LogP contribution in [0.25, 0.3) is 0 Å². The molecule has 7 nitrogen and oxygen atoms in total. The normalized spacial score (nSPS) is 16.3. The zero-order valence-electron chi connectivity index (χ0n) is 18.1. The molecule has 2 heterocycles. The van der Waals surface area contributed by atoms with Crippen molar-refractivity contribution in [2.75, 3.05) is 33.9 Å². The van der Waals surface area contributed by atoms with E-state index in [1.54, 1.807) is 32.1 Å². The van der Waals surface area contributed by atoms with Gasteiger partial charge in [0.25, 0.3) is 5.91 Å². The summed E-state index contributed by atoms with van der Waals surface area (Å²) in [5, 5.41) is 3.01. The molecular formula is C23H30N2O5. The number of amides is 2. The first kappa shape index (κ1) is 21.7. The van der Waals surface area contributed by atoms with Crippen molar-refractivity contribution in [2.24, 2.45) is 5.92 Å². The van der Waals surface area contributed by atoms with Gasteiger partial charge >= 0.3 is 0 Å². The number of hydrogen-bond donors (Lipinski definition) is 1. The Morgan fingerprint density at radius 2 is 1.93 bits per heavy atom. The average Bonchev–Trinajstić information content (AvgIpc) is 3.10. The fourth-order valence-corrected chi connectivity index (χ4v) is 3.90. The first-order chi connectivity index (χ1) is 14.4. The van der Waals surface area contributed by atoms with Crippen molar-refractivity contribution >= 4 is 11.8 Å².